The Balaban J connectivity index is 3.55. The first kappa shape index (κ1) is 14.0. The van der Waals surface area contributed by atoms with E-state index in [1.807, 2.05) is 0 Å². The molecule has 0 aromatic heterocycles. The Morgan fingerprint density at radius 2 is 2.00 bits per heavy atom. The fourth-order valence-corrected chi connectivity index (χ4v) is 1.57. The Morgan fingerprint density at radius 1 is 1.36 bits per heavy atom. The number of unbranched alkanes of at least 4 members (excludes halogenated alkanes) is 2. The molecule has 14 heavy (non-hydrogen) atoms. The molecule has 1 N–H and O–H groups in total. The van der Waals surface area contributed by atoms with Crippen molar-refractivity contribution < 1.29 is 0 Å². The second kappa shape index (κ2) is 7.30. The van der Waals surface area contributed by atoms with Crippen molar-refractivity contribution in [3.8, 4) is 0 Å². The van der Waals surface area contributed by atoms with Gasteiger partial charge in [0.05, 0.1) is 0 Å². The summed E-state index contributed by atoms with van der Waals surface area (Å²) in [6, 6.07) is 0. The topological polar surface area (TPSA) is 12.0 Å². The molecule has 0 aliphatic carbocycles. The van der Waals surface area contributed by atoms with Gasteiger partial charge in [-0.1, -0.05) is 58.2 Å². The van der Waals surface area contributed by atoms with E-state index in [0.717, 1.165) is 13.1 Å². The van der Waals surface area contributed by atoms with Gasteiger partial charge >= 0.3 is 0 Å². The van der Waals surface area contributed by atoms with Crippen molar-refractivity contribution in [3.05, 3.63) is 11.6 Å². The van der Waals surface area contributed by atoms with E-state index >= 15 is 0 Å². The highest BCUT2D eigenvalue weighted by Gasteiger charge is 2.16. The smallest absolute Gasteiger partial charge is 0.0307 e. The second-order valence-corrected chi connectivity index (χ2v) is 5.28. The van der Waals surface area contributed by atoms with Gasteiger partial charge in [-0.3, -0.25) is 0 Å². The van der Waals surface area contributed by atoms with Crippen LogP contribution in [0.3, 0.4) is 0 Å². The van der Waals surface area contributed by atoms with Crippen LogP contribution in [0.15, 0.2) is 11.6 Å². The molecule has 0 heterocycles. The van der Waals surface area contributed by atoms with E-state index < -0.39 is 0 Å². The second-order valence-electron chi connectivity index (χ2n) is 4.74. The maximum absolute atomic E-state index is 5.68. The highest BCUT2D eigenvalue weighted by Crippen LogP contribution is 2.22. The van der Waals surface area contributed by atoms with Crippen LogP contribution < -0.4 is 5.32 Å². The maximum atomic E-state index is 5.68. The van der Waals surface area contributed by atoms with E-state index in [-0.39, 0.29) is 0 Å². The van der Waals surface area contributed by atoms with Gasteiger partial charge in [0.1, 0.15) is 0 Å². The standard InChI is InChI=1S/C12H24ClN/c1-5-6-7-8-12(3,4)10-14-9-11(2)13/h14H,2,5-10H2,1,3-4H3. The van der Waals surface area contributed by atoms with Crippen LogP contribution in [0.25, 0.3) is 0 Å². The lowest BCUT2D eigenvalue weighted by atomic mass is 9.87. The first-order chi connectivity index (χ1) is 6.48. The number of rotatable bonds is 8. The van der Waals surface area contributed by atoms with Gasteiger partial charge in [-0.05, 0) is 11.8 Å². The minimum absolute atomic E-state index is 0.376. The Bertz CT molecular complexity index is 164. The molecule has 0 spiro atoms. The molecule has 0 rings (SSSR count). The quantitative estimate of drug-likeness (QED) is 0.608. The Labute approximate surface area is 93.9 Å². The summed E-state index contributed by atoms with van der Waals surface area (Å²) in [5.41, 5.74) is 0.376. The lowest BCUT2D eigenvalue weighted by Crippen LogP contribution is -2.30. The highest BCUT2D eigenvalue weighted by molar-refractivity contribution is 6.29. The normalized spacial score (nSPS) is 11.7. The third-order valence-corrected chi connectivity index (χ3v) is 2.51. The van der Waals surface area contributed by atoms with Gasteiger partial charge in [0, 0.05) is 18.1 Å². The third-order valence-electron chi connectivity index (χ3n) is 2.38. The molecule has 0 aromatic carbocycles. The van der Waals surface area contributed by atoms with E-state index in [0.29, 0.717) is 10.4 Å². The van der Waals surface area contributed by atoms with Crippen LogP contribution in [0, 0.1) is 5.41 Å². The zero-order chi connectivity index (χ0) is 11.0. The average Bonchev–Trinajstić information content (AvgIpc) is 2.03. The fraction of sp³-hybridized carbons (Fsp3) is 0.833. The van der Waals surface area contributed by atoms with Gasteiger partial charge in [-0.2, -0.15) is 0 Å². The molecule has 2 heteroatoms. The zero-order valence-corrected chi connectivity index (χ0v) is 10.6. The minimum atomic E-state index is 0.376. The Kier molecular flexibility index (Phi) is 7.30. The molecule has 84 valence electrons. The van der Waals surface area contributed by atoms with Gasteiger partial charge in [-0.25, -0.2) is 0 Å². The summed E-state index contributed by atoms with van der Waals surface area (Å²) in [7, 11) is 0. The summed E-state index contributed by atoms with van der Waals surface area (Å²) < 4.78 is 0. The van der Waals surface area contributed by atoms with Crippen LogP contribution in [0.1, 0.15) is 46.5 Å². The lowest BCUT2D eigenvalue weighted by Gasteiger charge is -2.24. The number of hydrogen-bond acceptors (Lipinski definition) is 1. The average molecular weight is 218 g/mol. The molecule has 0 aromatic rings. The van der Waals surface area contributed by atoms with Gasteiger partial charge < -0.3 is 5.32 Å². The molecule has 0 aliphatic heterocycles. The van der Waals surface area contributed by atoms with E-state index in [4.69, 9.17) is 11.6 Å². The van der Waals surface area contributed by atoms with Gasteiger partial charge in [0.2, 0.25) is 0 Å². The summed E-state index contributed by atoms with van der Waals surface area (Å²) >= 11 is 5.68. The van der Waals surface area contributed by atoms with Crippen molar-refractivity contribution >= 4 is 11.6 Å². The van der Waals surface area contributed by atoms with E-state index in [1.165, 1.54) is 25.7 Å². The SMILES string of the molecule is C=C(Cl)CNCC(C)(C)CCCCC. The largest absolute Gasteiger partial charge is 0.311 e. The summed E-state index contributed by atoms with van der Waals surface area (Å²) in [5.74, 6) is 0. The van der Waals surface area contributed by atoms with Gasteiger partial charge in [-0.15, -0.1) is 0 Å². The molecular formula is C12H24ClN. The van der Waals surface area contributed by atoms with Crippen LogP contribution in [0.5, 0.6) is 0 Å². The Morgan fingerprint density at radius 3 is 2.50 bits per heavy atom. The predicted octanol–water partition coefficient (Wildman–Crippen LogP) is 3.94. The number of hydrogen-bond donors (Lipinski definition) is 1. The van der Waals surface area contributed by atoms with Crippen LogP contribution in [0.4, 0.5) is 0 Å². The third kappa shape index (κ3) is 8.58. The van der Waals surface area contributed by atoms with Crippen LogP contribution >= 0.6 is 11.6 Å². The van der Waals surface area contributed by atoms with Gasteiger partial charge in [0.25, 0.3) is 0 Å². The van der Waals surface area contributed by atoms with Crippen molar-refractivity contribution in [2.24, 2.45) is 5.41 Å². The molecule has 0 amide bonds. The first-order valence-corrected chi connectivity index (χ1v) is 5.90. The lowest BCUT2D eigenvalue weighted by molar-refractivity contribution is 0.307. The van der Waals surface area contributed by atoms with Crippen molar-refractivity contribution in [1.82, 2.24) is 5.32 Å². The predicted molar refractivity (Wildman–Crippen MR) is 65.8 cm³/mol. The highest BCUT2D eigenvalue weighted by atomic mass is 35.5. The van der Waals surface area contributed by atoms with Crippen molar-refractivity contribution in [2.75, 3.05) is 13.1 Å². The minimum Gasteiger partial charge on any atom is -0.311 e. The molecule has 0 saturated carbocycles. The molecule has 0 unspecified atom stereocenters. The number of nitrogens with one attached hydrogen (secondary N) is 1. The van der Waals surface area contributed by atoms with Crippen LogP contribution in [0.2, 0.25) is 0 Å². The number of halogens is 1. The molecule has 0 fully saturated rings. The monoisotopic (exact) mass is 217 g/mol. The molecule has 0 bridgehead atoms. The summed E-state index contributed by atoms with van der Waals surface area (Å²) in [5, 5.41) is 4.01. The van der Waals surface area contributed by atoms with Crippen molar-refractivity contribution in [1.29, 1.82) is 0 Å². The van der Waals surface area contributed by atoms with Crippen LogP contribution in [-0.2, 0) is 0 Å². The molecule has 0 radical (unpaired) electrons. The first-order valence-electron chi connectivity index (χ1n) is 5.52. The van der Waals surface area contributed by atoms with Crippen molar-refractivity contribution in [3.63, 3.8) is 0 Å². The summed E-state index contributed by atoms with van der Waals surface area (Å²) in [6.07, 6.45) is 5.24. The molecule has 1 nitrogen and oxygen atoms in total. The van der Waals surface area contributed by atoms with Crippen LogP contribution in [-0.4, -0.2) is 13.1 Å². The van der Waals surface area contributed by atoms with E-state index in [9.17, 15) is 0 Å². The summed E-state index contributed by atoms with van der Waals surface area (Å²) in [4.78, 5) is 0. The maximum Gasteiger partial charge on any atom is 0.0307 e. The molecule has 0 aliphatic rings. The van der Waals surface area contributed by atoms with E-state index in [2.05, 4.69) is 32.7 Å². The fourth-order valence-electron chi connectivity index (χ4n) is 1.48. The molecule has 0 saturated heterocycles. The van der Waals surface area contributed by atoms with Gasteiger partial charge in [0.15, 0.2) is 0 Å². The Hall–Kier alpha value is -0.0100. The van der Waals surface area contributed by atoms with Crippen molar-refractivity contribution in [2.45, 2.75) is 46.5 Å². The molecule has 0 atom stereocenters. The van der Waals surface area contributed by atoms with E-state index in [1.54, 1.807) is 0 Å². The summed E-state index contributed by atoms with van der Waals surface area (Å²) in [6.45, 7) is 12.2. The zero-order valence-electron chi connectivity index (χ0n) is 9.83. The molecular weight excluding hydrogens is 194 g/mol.